The zero-order chi connectivity index (χ0) is 37.8. The average Bonchev–Trinajstić information content (AvgIpc) is 3.01. The molecule has 0 aliphatic heterocycles. The summed E-state index contributed by atoms with van der Waals surface area (Å²) in [7, 11) is 0. The van der Waals surface area contributed by atoms with E-state index in [0.717, 1.165) is 36.7 Å². The van der Waals surface area contributed by atoms with E-state index in [9.17, 15) is 53.9 Å². The number of anilines is 2. The molecule has 1 heterocycles. The standard InChI is InChI=1S/C29H24F9N7O5/c30-27(31,32)5-6-42-24(46)13-7-22(20(39)11-43-14-1-3-16(25(47)48)18(9-14)28(33,34)35)44-23(8-13)21(40)12-45(41)15-2-4-17(26(49)50)19(10-15)29(36,37)38/h1-4,7-12,43H,5-6,39-41H2,(H,42,46)(H,47,48)(H,49,50)/b20-11-,21-12-. The molecular weight excluding hydrogens is 697 g/mol. The molecule has 2 aromatic carbocycles. The van der Waals surface area contributed by atoms with Crippen LogP contribution >= 0.6 is 0 Å². The molecule has 0 unspecified atom stereocenters. The lowest BCUT2D eigenvalue weighted by molar-refractivity contribution is -0.138. The number of nitrogens with two attached hydrogens (primary N) is 3. The predicted octanol–water partition coefficient (Wildman–Crippen LogP) is 5.20. The van der Waals surface area contributed by atoms with Crippen molar-refractivity contribution < 1.29 is 64.1 Å². The molecule has 268 valence electrons. The number of carboxylic acid groups (broad SMARTS) is 2. The second kappa shape index (κ2) is 14.6. The van der Waals surface area contributed by atoms with Crippen LogP contribution in [0.2, 0.25) is 0 Å². The summed E-state index contributed by atoms with van der Waals surface area (Å²) >= 11 is 0. The Labute approximate surface area is 274 Å². The largest absolute Gasteiger partial charge is 0.478 e. The van der Waals surface area contributed by atoms with Crippen LogP contribution in [0, 0.1) is 0 Å². The first-order valence-corrected chi connectivity index (χ1v) is 13.5. The fourth-order valence-electron chi connectivity index (χ4n) is 4.07. The number of benzene rings is 2. The van der Waals surface area contributed by atoms with E-state index in [1.165, 1.54) is 0 Å². The van der Waals surface area contributed by atoms with Crippen molar-refractivity contribution in [3.8, 4) is 0 Å². The minimum atomic E-state index is -5.10. The second-order valence-electron chi connectivity index (χ2n) is 10.1. The van der Waals surface area contributed by atoms with Gasteiger partial charge in [-0.3, -0.25) is 9.80 Å². The van der Waals surface area contributed by atoms with E-state index in [-0.39, 0.29) is 17.1 Å². The highest BCUT2D eigenvalue weighted by atomic mass is 19.4. The number of carboxylic acids is 2. The maximum absolute atomic E-state index is 13.5. The molecule has 21 heteroatoms. The van der Waals surface area contributed by atoms with E-state index < -0.39 is 94.2 Å². The molecule has 3 rings (SSSR count). The number of nitrogens with zero attached hydrogens (tertiary/aromatic N) is 2. The first-order valence-electron chi connectivity index (χ1n) is 13.5. The summed E-state index contributed by atoms with van der Waals surface area (Å²) in [6.07, 6.45) is -14.5. The van der Waals surface area contributed by atoms with Crippen LogP contribution in [0.25, 0.3) is 11.4 Å². The lowest BCUT2D eigenvalue weighted by Gasteiger charge is -2.18. The normalized spacial score (nSPS) is 12.8. The molecule has 0 aliphatic rings. The van der Waals surface area contributed by atoms with Gasteiger partial charge in [0.25, 0.3) is 5.91 Å². The molecule has 0 bridgehead atoms. The van der Waals surface area contributed by atoms with Crippen molar-refractivity contribution in [2.45, 2.75) is 24.9 Å². The molecule has 0 spiro atoms. The fraction of sp³-hybridized carbons (Fsp3) is 0.172. The number of nitrogens with one attached hydrogen (secondary N) is 2. The molecule has 50 heavy (non-hydrogen) atoms. The van der Waals surface area contributed by atoms with Crippen LogP contribution in [0.3, 0.4) is 0 Å². The highest BCUT2D eigenvalue weighted by Gasteiger charge is 2.37. The van der Waals surface area contributed by atoms with Gasteiger partial charge in [0, 0.05) is 30.2 Å². The van der Waals surface area contributed by atoms with Crippen molar-refractivity contribution in [3.05, 3.63) is 100 Å². The monoisotopic (exact) mass is 721 g/mol. The number of alkyl halides is 9. The lowest BCUT2D eigenvalue weighted by atomic mass is 10.1. The van der Waals surface area contributed by atoms with Gasteiger partial charge in [0.1, 0.15) is 0 Å². The number of rotatable bonds is 11. The molecule has 1 aromatic heterocycles. The SMILES string of the molecule is N/C(=C\Nc1ccc(C(=O)O)c(C(F)(F)F)c1)c1cc(C(=O)NCCC(F)(F)F)cc(/C(N)=C/N(N)c2ccc(C(=O)O)c(C(F)(F)F)c2)n1. The van der Waals surface area contributed by atoms with Crippen molar-refractivity contribution in [2.75, 3.05) is 16.9 Å². The molecule has 12 nitrogen and oxygen atoms in total. The van der Waals surface area contributed by atoms with Crippen LogP contribution in [-0.2, 0) is 12.4 Å². The molecule has 0 radical (unpaired) electrons. The Bertz CT molecular complexity index is 1860. The summed E-state index contributed by atoms with van der Waals surface area (Å²) in [6.45, 7) is -0.855. The number of carbonyl (C=O) groups is 3. The van der Waals surface area contributed by atoms with Crippen molar-refractivity contribution in [3.63, 3.8) is 0 Å². The summed E-state index contributed by atoms with van der Waals surface area (Å²) in [5, 5.41) is 23.1. The van der Waals surface area contributed by atoms with Crippen molar-refractivity contribution >= 4 is 40.6 Å². The fourth-order valence-corrected chi connectivity index (χ4v) is 4.07. The Morgan fingerprint density at radius 3 is 1.82 bits per heavy atom. The molecule has 0 atom stereocenters. The lowest BCUT2D eigenvalue weighted by Crippen LogP contribution is -2.28. The third kappa shape index (κ3) is 10.0. The van der Waals surface area contributed by atoms with Gasteiger partial charge in [-0.2, -0.15) is 39.5 Å². The molecule has 0 aliphatic carbocycles. The smallest absolute Gasteiger partial charge is 0.417 e. The number of amides is 1. The van der Waals surface area contributed by atoms with Crippen LogP contribution in [-0.4, -0.2) is 45.8 Å². The van der Waals surface area contributed by atoms with Gasteiger partial charge in [-0.1, -0.05) is 0 Å². The highest BCUT2D eigenvalue weighted by molar-refractivity contribution is 5.96. The van der Waals surface area contributed by atoms with Gasteiger partial charge < -0.3 is 32.3 Å². The number of pyridine rings is 1. The number of halogens is 9. The maximum Gasteiger partial charge on any atom is 0.417 e. The number of aromatic nitrogens is 1. The number of aromatic carboxylic acids is 2. The third-order valence-electron chi connectivity index (χ3n) is 6.44. The maximum atomic E-state index is 13.5. The zero-order valence-electron chi connectivity index (χ0n) is 24.8. The van der Waals surface area contributed by atoms with Gasteiger partial charge in [-0.15, -0.1) is 0 Å². The summed E-state index contributed by atoms with van der Waals surface area (Å²) in [4.78, 5) is 39.3. The Kier molecular flexibility index (Phi) is 11.3. The number of hydrogen-bond acceptors (Lipinski definition) is 9. The van der Waals surface area contributed by atoms with Crippen LogP contribution in [0.4, 0.5) is 50.9 Å². The van der Waals surface area contributed by atoms with E-state index in [1.54, 1.807) is 0 Å². The first kappa shape index (κ1) is 38.5. The van der Waals surface area contributed by atoms with E-state index in [4.69, 9.17) is 27.5 Å². The molecule has 1 amide bonds. The summed E-state index contributed by atoms with van der Waals surface area (Å²) in [5.74, 6) is 1.04. The van der Waals surface area contributed by atoms with Crippen molar-refractivity contribution in [1.82, 2.24) is 10.3 Å². The van der Waals surface area contributed by atoms with Gasteiger partial charge in [-0.05, 0) is 48.5 Å². The summed E-state index contributed by atoms with van der Waals surface area (Å²) in [5.41, 5.74) is 4.24. The van der Waals surface area contributed by atoms with Crippen LogP contribution in [0.5, 0.6) is 0 Å². The predicted molar refractivity (Wildman–Crippen MR) is 159 cm³/mol. The minimum Gasteiger partial charge on any atom is -0.478 e. The Morgan fingerprint density at radius 1 is 0.780 bits per heavy atom. The topological polar surface area (TPSA) is 210 Å². The van der Waals surface area contributed by atoms with Gasteiger partial charge in [0.15, 0.2) is 0 Å². The Balaban J connectivity index is 2.05. The molecule has 0 saturated carbocycles. The van der Waals surface area contributed by atoms with E-state index in [0.29, 0.717) is 29.3 Å². The van der Waals surface area contributed by atoms with Crippen molar-refractivity contribution in [2.24, 2.45) is 17.3 Å². The average molecular weight is 722 g/mol. The van der Waals surface area contributed by atoms with E-state index in [1.807, 2.05) is 5.32 Å². The van der Waals surface area contributed by atoms with Gasteiger partial charge in [0.05, 0.1) is 57.1 Å². The summed E-state index contributed by atoms with van der Waals surface area (Å²) in [6, 6.07) is 6.04. The molecule has 0 saturated heterocycles. The molecular formula is C29H24F9N7O5. The third-order valence-corrected chi connectivity index (χ3v) is 6.44. The summed E-state index contributed by atoms with van der Waals surface area (Å²) < 4.78 is 119. The minimum absolute atomic E-state index is 0.295. The highest BCUT2D eigenvalue weighted by Crippen LogP contribution is 2.35. The first-order chi connectivity index (χ1) is 23.0. The molecule has 0 fully saturated rings. The van der Waals surface area contributed by atoms with E-state index in [2.05, 4.69) is 10.3 Å². The van der Waals surface area contributed by atoms with Crippen LogP contribution in [0.15, 0.2) is 60.9 Å². The van der Waals surface area contributed by atoms with E-state index >= 15 is 0 Å². The number of carbonyl (C=O) groups excluding carboxylic acids is 1. The van der Waals surface area contributed by atoms with Gasteiger partial charge in [-0.25, -0.2) is 20.4 Å². The number of hydrogen-bond donors (Lipinski definition) is 7. The Morgan fingerprint density at radius 2 is 1.30 bits per heavy atom. The Hall–Kier alpha value is -5.99. The van der Waals surface area contributed by atoms with Gasteiger partial charge in [0.2, 0.25) is 0 Å². The quantitative estimate of drug-likeness (QED) is 0.0777. The van der Waals surface area contributed by atoms with Crippen LogP contribution < -0.4 is 33.0 Å². The zero-order valence-corrected chi connectivity index (χ0v) is 24.8. The number of hydrazine groups is 1. The van der Waals surface area contributed by atoms with Crippen molar-refractivity contribution in [1.29, 1.82) is 0 Å². The molecule has 10 N–H and O–H groups in total. The molecule has 3 aromatic rings. The van der Waals surface area contributed by atoms with Gasteiger partial charge >= 0.3 is 30.5 Å². The van der Waals surface area contributed by atoms with Crippen LogP contribution in [0.1, 0.15) is 60.0 Å². The second-order valence-corrected chi connectivity index (χ2v) is 10.1.